The van der Waals surface area contributed by atoms with E-state index in [1.807, 2.05) is 0 Å². The maximum absolute atomic E-state index is 12.1. The molecule has 7 nitrogen and oxygen atoms in total. The number of hydrogen-bond acceptors (Lipinski definition) is 3. The smallest absolute Gasteiger partial charge is 0.325 e. The summed E-state index contributed by atoms with van der Waals surface area (Å²) < 4.78 is 1.34. The topological polar surface area (TPSA) is 95.6 Å². The van der Waals surface area contributed by atoms with Crippen molar-refractivity contribution in [2.24, 2.45) is 7.05 Å². The average Bonchev–Trinajstić information content (AvgIpc) is 2.98. The molecule has 2 aromatic heterocycles. The normalized spacial score (nSPS) is 18.1. The molecule has 2 aromatic rings. The van der Waals surface area contributed by atoms with Crippen molar-refractivity contribution in [1.29, 1.82) is 0 Å². The van der Waals surface area contributed by atoms with Gasteiger partial charge < -0.3 is 14.9 Å². The van der Waals surface area contributed by atoms with Crippen LogP contribution in [0.3, 0.4) is 0 Å². The molecule has 19 heavy (non-hydrogen) atoms. The maximum atomic E-state index is 12.1. The van der Waals surface area contributed by atoms with Gasteiger partial charge >= 0.3 is 5.69 Å². The van der Waals surface area contributed by atoms with Gasteiger partial charge in [-0.15, -0.1) is 0 Å². The Labute approximate surface area is 109 Å². The summed E-state index contributed by atoms with van der Waals surface area (Å²) in [5, 5.41) is 9.88. The van der Waals surface area contributed by atoms with Crippen LogP contribution in [0.1, 0.15) is 40.6 Å². The minimum absolute atomic E-state index is 0.0672. The second kappa shape index (κ2) is 4.42. The number of aromatic nitrogens is 4. The van der Waals surface area contributed by atoms with Gasteiger partial charge in [-0.3, -0.25) is 9.89 Å². The molecule has 3 rings (SSSR count). The molecule has 0 saturated heterocycles. The lowest BCUT2D eigenvalue weighted by molar-refractivity contribution is 0.0927. The van der Waals surface area contributed by atoms with Crippen LogP contribution in [0, 0.1) is 0 Å². The third-order valence-corrected chi connectivity index (χ3v) is 3.47. The first-order chi connectivity index (χ1) is 9.15. The van der Waals surface area contributed by atoms with Gasteiger partial charge in [-0.25, -0.2) is 4.79 Å². The van der Waals surface area contributed by atoms with Crippen molar-refractivity contribution < 1.29 is 4.79 Å². The highest BCUT2D eigenvalue weighted by atomic mass is 16.2. The van der Waals surface area contributed by atoms with E-state index in [1.165, 1.54) is 10.8 Å². The molecule has 0 spiro atoms. The lowest BCUT2D eigenvalue weighted by Crippen LogP contribution is -2.31. The molecule has 7 heteroatoms. The zero-order valence-corrected chi connectivity index (χ0v) is 10.6. The number of amides is 1. The number of imidazole rings is 1. The average molecular weight is 261 g/mol. The van der Waals surface area contributed by atoms with E-state index in [1.54, 1.807) is 13.2 Å². The van der Waals surface area contributed by atoms with Gasteiger partial charge in [-0.05, 0) is 24.8 Å². The van der Waals surface area contributed by atoms with Crippen LogP contribution in [0.5, 0.6) is 0 Å². The van der Waals surface area contributed by atoms with Crippen molar-refractivity contribution in [2.75, 3.05) is 0 Å². The molecular formula is C12H15N5O2. The SMILES string of the molecule is Cn1cc(C(=O)NC2CCCc3cn[nH]c32)[nH]c1=O. The number of carbonyl (C=O) groups excluding carboxylic acids is 1. The van der Waals surface area contributed by atoms with Gasteiger partial charge in [0.1, 0.15) is 5.69 Å². The number of hydrogen-bond donors (Lipinski definition) is 3. The lowest BCUT2D eigenvalue weighted by atomic mass is 9.93. The molecule has 1 unspecified atom stereocenters. The molecule has 1 atom stereocenters. The van der Waals surface area contributed by atoms with Crippen molar-refractivity contribution in [3.63, 3.8) is 0 Å². The van der Waals surface area contributed by atoms with Crippen LogP contribution in [0.15, 0.2) is 17.2 Å². The Morgan fingerprint density at radius 3 is 3.16 bits per heavy atom. The quantitative estimate of drug-likeness (QED) is 0.722. The summed E-state index contributed by atoms with van der Waals surface area (Å²) in [6.45, 7) is 0. The first-order valence-electron chi connectivity index (χ1n) is 6.24. The molecule has 0 saturated carbocycles. The monoisotopic (exact) mass is 261 g/mol. The fourth-order valence-electron chi connectivity index (χ4n) is 2.45. The van der Waals surface area contributed by atoms with Gasteiger partial charge in [0, 0.05) is 13.2 Å². The summed E-state index contributed by atoms with van der Waals surface area (Å²) in [7, 11) is 1.60. The molecular weight excluding hydrogens is 246 g/mol. The van der Waals surface area contributed by atoms with E-state index in [9.17, 15) is 9.59 Å². The number of rotatable bonds is 2. The number of carbonyl (C=O) groups is 1. The van der Waals surface area contributed by atoms with Crippen molar-refractivity contribution >= 4 is 5.91 Å². The minimum atomic E-state index is -0.295. The van der Waals surface area contributed by atoms with Crippen LogP contribution in [-0.4, -0.2) is 25.7 Å². The van der Waals surface area contributed by atoms with Crippen molar-refractivity contribution in [1.82, 2.24) is 25.1 Å². The third kappa shape index (κ3) is 2.07. The molecule has 100 valence electrons. The zero-order valence-electron chi connectivity index (χ0n) is 10.6. The van der Waals surface area contributed by atoms with E-state index in [0.717, 1.165) is 30.5 Å². The molecule has 1 amide bonds. The van der Waals surface area contributed by atoms with Crippen molar-refractivity contribution in [3.05, 3.63) is 39.8 Å². The van der Waals surface area contributed by atoms with Crippen LogP contribution < -0.4 is 11.0 Å². The van der Waals surface area contributed by atoms with Crippen LogP contribution in [0.25, 0.3) is 0 Å². The largest absolute Gasteiger partial charge is 0.342 e. The Bertz CT molecular complexity index is 666. The molecule has 0 fully saturated rings. The first-order valence-corrected chi connectivity index (χ1v) is 6.24. The van der Waals surface area contributed by atoms with Gasteiger partial charge in [0.15, 0.2) is 0 Å². The number of nitrogens with zero attached hydrogens (tertiary/aromatic N) is 2. The molecule has 1 aliphatic rings. The van der Waals surface area contributed by atoms with E-state index in [4.69, 9.17) is 0 Å². The molecule has 0 radical (unpaired) electrons. The molecule has 2 heterocycles. The zero-order chi connectivity index (χ0) is 13.4. The summed E-state index contributed by atoms with van der Waals surface area (Å²) >= 11 is 0. The summed E-state index contributed by atoms with van der Waals surface area (Å²) in [6.07, 6.45) is 6.17. The second-order valence-corrected chi connectivity index (χ2v) is 4.81. The highest BCUT2D eigenvalue weighted by Gasteiger charge is 2.24. The summed E-state index contributed by atoms with van der Waals surface area (Å²) in [5.41, 5.74) is 2.10. The number of fused-ring (bicyclic) bond motifs is 1. The minimum Gasteiger partial charge on any atom is -0.342 e. The van der Waals surface area contributed by atoms with Gasteiger partial charge in [0.05, 0.1) is 17.9 Å². The summed E-state index contributed by atoms with van der Waals surface area (Å²) in [6, 6.07) is -0.0672. The molecule has 0 aromatic carbocycles. The highest BCUT2D eigenvalue weighted by Crippen LogP contribution is 2.27. The van der Waals surface area contributed by atoms with Gasteiger partial charge in [-0.1, -0.05) is 0 Å². The van der Waals surface area contributed by atoms with E-state index in [0.29, 0.717) is 0 Å². The number of aromatic amines is 2. The molecule has 0 bridgehead atoms. The van der Waals surface area contributed by atoms with E-state index in [-0.39, 0.29) is 23.3 Å². The van der Waals surface area contributed by atoms with Crippen LogP contribution in [-0.2, 0) is 13.5 Å². The van der Waals surface area contributed by atoms with E-state index < -0.39 is 0 Å². The Balaban J connectivity index is 1.80. The molecule has 1 aliphatic carbocycles. The van der Waals surface area contributed by atoms with Crippen LogP contribution >= 0.6 is 0 Å². The van der Waals surface area contributed by atoms with Crippen LogP contribution in [0.2, 0.25) is 0 Å². The number of aryl methyl sites for hydroxylation is 2. The predicted octanol–water partition coefficient (Wildman–Crippen LogP) is 0.244. The number of H-pyrrole nitrogens is 2. The van der Waals surface area contributed by atoms with Crippen molar-refractivity contribution in [2.45, 2.75) is 25.3 Å². The predicted molar refractivity (Wildman–Crippen MR) is 67.8 cm³/mol. The third-order valence-electron chi connectivity index (χ3n) is 3.47. The summed E-state index contributed by atoms with van der Waals surface area (Å²) in [4.78, 5) is 25.9. The highest BCUT2D eigenvalue weighted by molar-refractivity contribution is 5.92. The van der Waals surface area contributed by atoms with E-state index in [2.05, 4.69) is 20.5 Å². The molecule has 0 aliphatic heterocycles. The van der Waals surface area contributed by atoms with Crippen molar-refractivity contribution in [3.8, 4) is 0 Å². The van der Waals surface area contributed by atoms with Gasteiger partial charge in [0.25, 0.3) is 5.91 Å². The second-order valence-electron chi connectivity index (χ2n) is 4.81. The fraction of sp³-hybridized carbons (Fsp3) is 0.417. The maximum Gasteiger partial charge on any atom is 0.325 e. The van der Waals surface area contributed by atoms with Crippen LogP contribution in [0.4, 0.5) is 0 Å². The summed E-state index contributed by atoms with van der Waals surface area (Å²) in [5.74, 6) is -0.273. The Morgan fingerprint density at radius 2 is 2.42 bits per heavy atom. The standard InChI is InChI=1S/C12H15N5O2/c1-17-6-9(15-12(17)19)11(18)14-8-4-2-3-7-5-13-16-10(7)8/h5-6,8H,2-4H2,1H3,(H,13,16)(H,14,18)(H,15,19). The van der Waals surface area contributed by atoms with Gasteiger partial charge in [-0.2, -0.15) is 5.10 Å². The van der Waals surface area contributed by atoms with Gasteiger partial charge in [0.2, 0.25) is 0 Å². The Kier molecular flexibility index (Phi) is 2.73. The first kappa shape index (κ1) is 11.8. The Morgan fingerprint density at radius 1 is 1.58 bits per heavy atom. The number of nitrogens with one attached hydrogen (secondary N) is 3. The Hall–Kier alpha value is -2.31. The van der Waals surface area contributed by atoms with E-state index >= 15 is 0 Å². The fourth-order valence-corrected chi connectivity index (χ4v) is 2.45. The lowest BCUT2D eigenvalue weighted by Gasteiger charge is -2.22. The molecule has 3 N–H and O–H groups in total.